The maximum atomic E-state index is 5.56. The first-order valence-corrected chi connectivity index (χ1v) is 7.05. The van der Waals surface area contributed by atoms with E-state index in [9.17, 15) is 0 Å². The van der Waals surface area contributed by atoms with Gasteiger partial charge in [0.05, 0.1) is 11.8 Å². The van der Waals surface area contributed by atoms with Gasteiger partial charge >= 0.3 is 0 Å². The SMILES string of the molecule is c1cnc(NCc2cccc3ccoc23)c(-c2ncc[nH]2)c1. The summed E-state index contributed by atoms with van der Waals surface area (Å²) in [5.74, 6) is 1.59. The molecule has 0 bridgehead atoms. The largest absolute Gasteiger partial charge is 0.464 e. The van der Waals surface area contributed by atoms with Gasteiger partial charge in [-0.25, -0.2) is 9.97 Å². The zero-order valence-electron chi connectivity index (χ0n) is 11.8. The summed E-state index contributed by atoms with van der Waals surface area (Å²) >= 11 is 0. The first kappa shape index (κ1) is 12.6. The predicted octanol–water partition coefficient (Wildman–Crippen LogP) is 3.83. The molecule has 0 atom stereocenters. The van der Waals surface area contributed by atoms with Gasteiger partial charge in [-0.15, -0.1) is 0 Å². The summed E-state index contributed by atoms with van der Waals surface area (Å²) in [5, 5.41) is 4.47. The summed E-state index contributed by atoms with van der Waals surface area (Å²) in [6.07, 6.45) is 7.01. The third-order valence-corrected chi connectivity index (χ3v) is 3.57. The first-order chi connectivity index (χ1) is 10.9. The number of aromatic nitrogens is 3. The van der Waals surface area contributed by atoms with Gasteiger partial charge in [-0.3, -0.25) is 0 Å². The molecule has 22 heavy (non-hydrogen) atoms. The van der Waals surface area contributed by atoms with Gasteiger partial charge in [-0.05, 0) is 18.2 Å². The minimum Gasteiger partial charge on any atom is -0.464 e. The maximum Gasteiger partial charge on any atom is 0.141 e. The number of imidazole rings is 1. The number of aromatic amines is 1. The van der Waals surface area contributed by atoms with Crippen molar-refractivity contribution in [2.75, 3.05) is 5.32 Å². The van der Waals surface area contributed by atoms with E-state index in [1.165, 1.54) is 0 Å². The molecule has 0 aliphatic rings. The van der Waals surface area contributed by atoms with Crippen molar-refractivity contribution >= 4 is 16.8 Å². The van der Waals surface area contributed by atoms with Crippen LogP contribution in [0.4, 0.5) is 5.82 Å². The lowest BCUT2D eigenvalue weighted by Crippen LogP contribution is -2.03. The molecular formula is C17H14N4O. The molecule has 3 aromatic heterocycles. The average molecular weight is 290 g/mol. The highest BCUT2D eigenvalue weighted by Gasteiger charge is 2.09. The average Bonchev–Trinajstić information content (AvgIpc) is 3.24. The molecule has 0 amide bonds. The van der Waals surface area contributed by atoms with Gasteiger partial charge in [0.25, 0.3) is 0 Å². The summed E-state index contributed by atoms with van der Waals surface area (Å²) in [7, 11) is 0. The number of hydrogen-bond donors (Lipinski definition) is 2. The van der Waals surface area contributed by atoms with Gasteiger partial charge in [0.1, 0.15) is 17.2 Å². The Bertz CT molecular complexity index is 896. The van der Waals surface area contributed by atoms with E-state index < -0.39 is 0 Å². The van der Waals surface area contributed by atoms with E-state index in [1.807, 2.05) is 36.4 Å². The minimum atomic E-state index is 0.634. The molecule has 0 aliphatic heterocycles. The summed E-state index contributed by atoms with van der Waals surface area (Å²) < 4.78 is 5.56. The van der Waals surface area contributed by atoms with Crippen LogP contribution in [0.15, 0.2) is 65.7 Å². The van der Waals surface area contributed by atoms with Crippen LogP contribution in [-0.4, -0.2) is 15.0 Å². The molecule has 2 N–H and O–H groups in total. The van der Waals surface area contributed by atoms with Crippen LogP contribution < -0.4 is 5.32 Å². The van der Waals surface area contributed by atoms with E-state index in [0.717, 1.165) is 33.7 Å². The van der Waals surface area contributed by atoms with Crippen LogP contribution in [0.25, 0.3) is 22.4 Å². The van der Waals surface area contributed by atoms with Crippen LogP contribution in [0.5, 0.6) is 0 Å². The fourth-order valence-electron chi connectivity index (χ4n) is 2.52. The summed E-state index contributed by atoms with van der Waals surface area (Å²) in [6, 6.07) is 12.0. The molecule has 0 radical (unpaired) electrons. The second kappa shape index (κ2) is 5.37. The van der Waals surface area contributed by atoms with E-state index in [2.05, 4.69) is 20.3 Å². The number of anilines is 1. The van der Waals surface area contributed by atoms with Gasteiger partial charge in [-0.1, -0.05) is 18.2 Å². The monoisotopic (exact) mass is 290 g/mol. The Balaban J connectivity index is 1.64. The number of benzene rings is 1. The first-order valence-electron chi connectivity index (χ1n) is 7.05. The quantitative estimate of drug-likeness (QED) is 0.599. The Hall–Kier alpha value is -3.08. The molecule has 0 unspecified atom stereocenters. The smallest absolute Gasteiger partial charge is 0.141 e. The lowest BCUT2D eigenvalue weighted by atomic mass is 10.1. The molecule has 108 valence electrons. The lowest BCUT2D eigenvalue weighted by Gasteiger charge is -2.09. The number of H-pyrrole nitrogens is 1. The van der Waals surface area contributed by atoms with Crippen molar-refractivity contribution in [2.24, 2.45) is 0 Å². The van der Waals surface area contributed by atoms with E-state index in [0.29, 0.717) is 6.54 Å². The van der Waals surface area contributed by atoms with Crippen molar-refractivity contribution < 1.29 is 4.42 Å². The van der Waals surface area contributed by atoms with Gasteiger partial charge in [0.15, 0.2) is 0 Å². The Labute approximate surface area is 127 Å². The fraction of sp³-hybridized carbons (Fsp3) is 0.0588. The van der Waals surface area contributed by atoms with E-state index in [4.69, 9.17) is 4.42 Å². The van der Waals surface area contributed by atoms with Crippen molar-refractivity contribution in [1.82, 2.24) is 15.0 Å². The Kier molecular flexibility index (Phi) is 3.08. The molecule has 0 fully saturated rings. The normalized spacial score (nSPS) is 10.9. The van der Waals surface area contributed by atoms with Gasteiger partial charge in [0.2, 0.25) is 0 Å². The second-order valence-electron chi connectivity index (χ2n) is 4.95. The standard InChI is InChI=1S/C17H14N4O/c1-3-12-6-10-22-15(12)13(4-1)11-21-17-14(5-2-7-18-17)16-19-8-9-20-16/h1-10H,11H2,(H,18,21)(H,19,20). The molecule has 1 aromatic carbocycles. The molecule has 3 heterocycles. The number of hydrogen-bond acceptors (Lipinski definition) is 4. The van der Waals surface area contributed by atoms with Crippen LogP contribution in [0.2, 0.25) is 0 Å². The summed E-state index contributed by atoms with van der Waals surface area (Å²) in [6.45, 7) is 0.634. The third-order valence-electron chi connectivity index (χ3n) is 3.57. The molecule has 0 spiro atoms. The van der Waals surface area contributed by atoms with Gasteiger partial charge < -0.3 is 14.7 Å². The minimum absolute atomic E-state index is 0.634. The highest BCUT2D eigenvalue weighted by Crippen LogP contribution is 2.24. The van der Waals surface area contributed by atoms with E-state index in [-0.39, 0.29) is 0 Å². The molecule has 5 heteroatoms. The molecular weight excluding hydrogens is 276 g/mol. The number of nitrogens with one attached hydrogen (secondary N) is 2. The second-order valence-corrected chi connectivity index (χ2v) is 4.95. The molecule has 0 saturated carbocycles. The number of furan rings is 1. The Morgan fingerprint density at radius 2 is 2.05 bits per heavy atom. The van der Waals surface area contributed by atoms with Gasteiger partial charge in [-0.2, -0.15) is 0 Å². The molecule has 4 rings (SSSR count). The van der Waals surface area contributed by atoms with Crippen molar-refractivity contribution in [3.63, 3.8) is 0 Å². The Morgan fingerprint density at radius 1 is 1.05 bits per heavy atom. The third kappa shape index (κ3) is 2.22. The van der Waals surface area contributed by atoms with Crippen molar-refractivity contribution in [3.8, 4) is 11.4 Å². The van der Waals surface area contributed by atoms with Crippen LogP contribution >= 0.6 is 0 Å². The molecule has 0 aliphatic carbocycles. The number of fused-ring (bicyclic) bond motifs is 1. The van der Waals surface area contributed by atoms with Crippen LogP contribution in [-0.2, 0) is 6.54 Å². The number of pyridine rings is 1. The summed E-state index contributed by atoms with van der Waals surface area (Å²) in [5.41, 5.74) is 2.95. The number of nitrogens with zero attached hydrogens (tertiary/aromatic N) is 2. The lowest BCUT2D eigenvalue weighted by molar-refractivity contribution is 0.611. The molecule has 5 nitrogen and oxygen atoms in total. The summed E-state index contributed by atoms with van der Waals surface area (Å²) in [4.78, 5) is 11.8. The Morgan fingerprint density at radius 3 is 2.95 bits per heavy atom. The highest BCUT2D eigenvalue weighted by molar-refractivity contribution is 5.80. The van der Waals surface area contributed by atoms with E-state index >= 15 is 0 Å². The van der Waals surface area contributed by atoms with Crippen LogP contribution in [0.3, 0.4) is 0 Å². The van der Waals surface area contributed by atoms with Crippen molar-refractivity contribution in [2.45, 2.75) is 6.54 Å². The zero-order chi connectivity index (χ0) is 14.8. The fourth-order valence-corrected chi connectivity index (χ4v) is 2.52. The zero-order valence-corrected chi connectivity index (χ0v) is 11.8. The van der Waals surface area contributed by atoms with E-state index in [1.54, 1.807) is 24.9 Å². The number of para-hydroxylation sites is 1. The highest BCUT2D eigenvalue weighted by atomic mass is 16.3. The maximum absolute atomic E-state index is 5.56. The molecule has 4 aromatic rings. The number of rotatable bonds is 4. The van der Waals surface area contributed by atoms with Crippen LogP contribution in [0.1, 0.15) is 5.56 Å². The predicted molar refractivity (Wildman–Crippen MR) is 85.4 cm³/mol. The molecule has 0 saturated heterocycles. The van der Waals surface area contributed by atoms with Crippen molar-refractivity contribution in [3.05, 3.63) is 66.8 Å². The van der Waals surface area contributed by atoms with Gasteiger partial charge in [0, 0.05) is 36.1 Å². The van der Waals surface area contributed by atoms with Crippen molar-refractivity contribution in [1.29, 1.82) is 0 Å². The van der Waals surface area contributed by atoms with Crippen LogP contribution in [0, 0.1) is 0 Å². The topological polar surface area (TPSA) is 66.7 Å².